The van der Waals surface area contributed by atoms with Gasteiger partial charge >= 0.3 is 0 Å². The van der Waals surface area contributed by atoms with Crippen LogP contribution in [0.5, 0.6) is 0 Å². The SMILES string of the molecule is Cc1ccc2scc(C(=O)C(Cl)(Cl)Cl)c2c1.Cc1ccc2sccc2c1. The fourth-order valence-corrected chi connectivity index (χ4v) is 4.56. The van der Waals surface area contributed by atoms with E-state index >= 15 is 0 Å². The molecular weight excluding hydrogens is 427 g/mol. The molecular formula is C20H15Cl3OS2. The van der Waals surface area contributed by atoms with Crippen LogP contribution in [-0.4, -0.2) is 9.58 Å². The Morgan fingerprint density at radius 2 is 1.54 bits per heavy atom. The second-order valence-corrected chi connectivity index (χ2v) is 10.1. The van der Waals surface area contributed by atoms with Gasteiger partial charge in [0, 0.05) is 25.7 Å². The molecule has 0 bridgehead atoms. The topological polar surface area (TPSA) is 17.1 Å². The Bertz CT molecular complexity index is 1070. The van der Waals surface area contributed by atoms with Crippen LogP contribution in [0.2, 0.25) is 0 Å². The van der Waals surface area contributed by atoms with Gasteiger partial charge in [0.15, 0.2) is 0 Å². The van der Waals surface area contributed by atoms with Gasteiger partial charge in [0.1, 0.15) is 0 Å². The van der Waals surface area contributed by atoms with E-state index in [1.54, 1.807) is 16.7 Å². The van der Waals surface area contributed by atoms with Crippen LogP contribution in [0.3, 0.4) is 0 Å². The number of Topliss-reactive ketones (excluding diaryl/α,β-unsaturated/α-hetero) is 1. The Hall–Kier alpha value is -1.10. The lowest BCUT2D eigenvalue weighted by atomic mass is 10.1. The maximum absolute atomic E-state index is 11.9. The van der Waals surface area contributed by atoms with Gasteiger partial charge in [-0.05, 0) is 48.9 Å². The number of carbonyl (C=O) groups excluding carboxylic acids is 1. The third-order valence-corrected chi connectivity index (χ3v) is 6.22. The molecule has 0 aliphatic heterocycles. The van der Waals surface area contributed by atoms with Gasteiger partial charge in [0.05, 0.1) is 0 Å². The molecule has 26 heavy (non-hydrogen) atoms. The number of thiophene rings is 2. The van der Waals surface area contributed by atoms with Gasteiger partial charge in [-0.2, -0.15) is 0 Å². The number of ketones is 1. The Balaban J connectivity index is 0.000000167. The first kappa shape index (κ1) is 19.7. The molecule has 0 fully saturated rings. The summed E-state index contributed by atoms with van der Waals surface area (Å²) in [5, 5.41) is 6.07. The van der Waals surface area contributed by atoms with Gasteiger partial charge < -0.3 is 0 Å². The quantitative estimate of drug-likeness (QED) is 0.216. The molecule has 0 saturated heterocycles. The van der Waals surface area contributed by atoms with E-state index in [1.807, 2.05) is 25.1 Å². The number of fused-ring (bicyclic) bond motifs is 2. The van der Waals surface area contributed by atoms with E-state index in [4.69, 9.17) is 34.8 Å². The van der Waals surface area contributed by atoms with Crippen molar-refractivity contribution in [2.45, 2.75) is 17.6 Å². The molecule has 6 heteroatoms. The molecule has 0 aliphatic carbocycles. The van der Waals surface area contributed by atoms with Crippen molar-refractivity contribution in [1.82, 2.24) is 0 Å². The highest BCUT2D eigenvalue weighted by atomic mass is 35.6. The van der Waals surface area contributed by atoms with E-state index < -0.39 is 9.58 Å². The maximum atomic E-state index is 11.9. The first-order valence-corrected chi connectivity index (χ1v) is 10.7. The zero-order valence-electron chi connectivity index (χ0n) is 14.1. The number of aryl methyl sites for hydroxylation is 2. The fraction of sp³-hybridized carbons (Fsp3) is 0.150. The Morgan fingerprint density at radius 3 is 2.23 bits per heavy atom. The van der Waals surface area contributed by atoms with E-state index in [2.05, 4.69) is 36.6 Å². The zero-order chi connectivity index (χ0) is 18.9. The van der Waals surface area contributed by atoms with Crippen LogP contribution in [0.1, 0.15) is 21.5 Å². The minimum Gasteiger partial charge on any atom is -0.289 e. The third-order valence-electron chi connectivity index (χ3n) is 3.84. The van der Waals surface area contributed by atoms with Gasteiger partial charge in [-0.3, -0.25) is 4.79 Å². The molecule has 2 heterocycles. The Morgan fingerprint density at radius 1 is 0.885 bits per heavy atom. The van der Waals surface area contributed by atoms with Crippen LogP contribution < -0.4 is 0 Å². The van der Waals surface area contributed by atoms with Gasteiger partial charge in [-0.1, -0.05) is 64.1 Å². The summed E-state index contributed by atoms with van der Waals surface area (Å²) in [6, 6.07) is 14.6. The van der Waals surface area contributed by atoms with Crippen LogP contribution in [0.4, 0.5) is 0 Å². The first-order valence-electron chi connectivity index (χ1n) is 7.79. The van der Waals surface area contributed by atoms with Gasteiger partial charge in [0.2, 0.25) is 5.78 Å². The average molecular weight is 442 g/mol. The summed E-state index contributed by atoms with van der Waals surface area (Å²) < 4.78 is 0.506. The molecule has 2 aromatic carbocycles. The lowest BCUT2D eigenvalue weighted by Gasteiger charge is -2.08. The summed E-state index contributed by atoms with van der Waals surface area (Å²) >= 11 is 20.1. The van der Waals surface area contributed by atoms with Gasteiger partial charge in [-0.25, -0.2) is 0 Å². The van der Waals surface area contributed by atoms with Crippen molar-refractivity contribution in [3.63, 3.8) is 0 Å². The second kappa shape index (κ2) is 7.87. The summed E-state index contributed by atoms with van der Waals surface area (Å²) in [5.41, 5.74) is 2.89. The van der Waals surface area contributed by atoms with Crippen molar-refractivity contribution in [2.75, 3.05) is 0 Å². The van der Waals surface area contributed by atoms with Crippen LogP contribution in [0.25, 0.3) is 20.2 Å². The van der Waals surface area contributed by atoms with Gasteiger partial charge in [-0.15, -0.1) is 22.7 Å². The molecule has 4 aromatic rings. The molecule has 0 spiro atoms. The molecule has 4 rings (SSSR count). The van der Waals surface area contributed by atoms with Crippen LogP contribution in [-0.2, 0) is 0 Å². The molecule has 134 valence electrons. The van der Waals surface area contributed by atoms with Crippen molar-refractivity contribution >= 4 is 83.4 Å². The minimum atomic E-state index is -1.89. The standard InChI is InChI=1S/C11H7Cl3OS.C9H8S/c1-6-2-3-9-7(4-6)8(5-16-9)10(15)11(12,13)14;1-7-2-3-9-8(6-7)4-5-10-9/h2-5H,1H3;2-6H,1H3. The lowest BCUT2D eigenvalue weighted by molar-refractivity contribution is 0.0998. The highest BCUT2D eigenvalue weighted by molar-refractivity contribution is 7.17. The zero-order valence-corrected chi connectivity index (χ0v) is 18.0. The predicted octanol–water partition coefficient (Wildman–Crippen LogP) is 7.97. The van der Waals surface area contributed by atoms with E-state index in [-0.39, 0.29) is 0 Å². The van der Waals surface area contributed by atoms with Crippen LogP contribution in [0, 0.1) is 13.8 Å². The highest BCUT2D eigenvalue weighted by Gasteiger charge is 2.33. The fourth-order valence-electron chi connectivity index (χ4n) is 2.56. The summed E-state index contributed by atoms with van der Waals surface area (Å²) in [4.78, 5) is 11.9. The van der Waals surface area contributed by atoms with Crippen molar-refractivity contribution in [2.24, 2.45) is 0 Å². The van der Waals surface area contributed by atoms with Crippen molar-refractivity contribution in [1.29, 1.82) is 0 Å². The molecule has 0 amide bonds. The minimum absolute atomic E-state index is 0.476. The Labute approximate surface area is 175 Å². The summed E-state index contributed by atoms with van der Waals surface area (Å²) in [5.74, 6) is -0.477. The summed E-state index contributed by atoms with van der Waals surface area (Å²) in [6.07, 6.45) is 0. The molecule has 0 N–H and O–H groups in total. The highest BCUT2D eigenvalue weighted by Crippen LogP contribution is 2.35. The molecule has 0 saturated carbocycles. The average Bonchev–Trinajstić information content (AvgIpc) is 3.19. The van der Waals surface area contributed by atoms with E-state index in [0.29, 0.717) is 5.56 Å². The second-order valence-electron chi connectivity index (χ2n) is 5.94. The smallest absolute Gasteiger partial charge is 0.253 e. The molecule has 0 aliphatic rings. The number of hydrogen-bond donors (Lipinski definition) is 0. The number of rotatable bonds is 1. The van der Waals surface area contributed by atoms with Crippen LogP contribution in [0.15, 0.2) is 53.2 Å². The molecule has 2 aromatic heterocycles. The summed E-state index contributed by atoms with van der Waals surface area (Å²) in [7, 11) is 0. The lowest BCUT2D eigenvalue weighted by Crippen LogP contribution is -2.18. The van der Waals surface area contributed by atoms with E-state index in [9.17, 15) is 4.79 Å². The molecule has 0 atom stereocenters. The van der Waals surface area contributed by atoms with Crippen molar-refractivity contribution in [3.05, 3.63) is 69.9 Å². The summed E-state index contributed by atoms with van der Waals surface area (Å²) in [6.45, 7) is 4.08. The van der Waals surface area contributed by atoms with Crippen LogP contribution >= 0.6 is 57.5 Å². The number of hydrogen-bond acceptors (Lipinski definition) is 3. The normalized spacial score (nSPS) is 11.4. The predicted molar refractivity (Wildman–Crippen MR) is 118 cm³/mol. The first-order chi connectivity index (χ1) is 12.3. The maximum Gasteiger partial charge on any atom is 0.253 e. The van der Waals surface area contributed by atoms with E-state index in [1.165, 1.54) is 27.0 Å². The monoisotopic (exact) mass is 440 g/mol. The van der Waals surface area contributed by atoms with Gasteiger partial charge in [0.25, 0.3) is 3.79 Å². The van der Waals surface area contributed by atoms with Crippen molar-refractivity contribution < 1.29 is 4.79 Å². The number of alkyl halides is 3. The number of benzene rings is 2. The molecule has 1 nitrogen and oxygen atoms in total. The Kier molecular flexibility index (Phi) is 5.95. The largest absolute Gasteiger partial charge is 0.289 e. The number of halogens is 3. The van der Waals surface area contributed by atoms with Crippen molar-refractivity contribution in [3.8, 4) is 0 Å². The molecule has 0 radical (unpaired) electrons. The third kappa shape index (κ3) is 4.41. The number of carbonyl (C=O) groups is 1. The van der Waals surface area contributed by atoms with E-state index in [0.717, 1.165) is 15.6 Å². The molecule has 0 unspecified atom stereocenters.